The standard InChI is InChI=1S/C9H12N2O/c12-9-6-10-5-8(11-9)7-3-1-2-4-7/h5-7H,1-4H2,(H,11,12). The molecule has 64 valence electrons. The molecule has 3 nitrogen and oxygen atoms in total. The molecule has 0 unspecified atom stereocenters. The van der Waals surface area contributed by atoms with Crippen LogP contribution in [0.1, 0.15) is 37.3 Å². The van der Waals surface area contributed by atoms with Crippen molar-refractivity contribution in [3.8, 4) is 5.88 Å². The topological polar surface area (TPSA) is 46.0 Å². The molecule has 0 aliphatic heterocycles. The summed E-state index contributed by atoms with van der Waals surface area (Å²) >= 11 is 0. The fourth-order valence-corrected chi connectivity index (χ4v) is 1.79. The molecule has 1 heterocycles. The molecule has 1 saturated carbocycles. The highest BCUT2D eigenvalue weighted by Crippen LogP contribution is 2.32. The third kappa shape index (κ3) is 1.40. The molecule has 0 radical (unpaired) electrons. The number of aromatic hydroxyl groups is 1. The highest BCUT2D eigenvalue weighted by molar-refractivity contribution is 5.11. The van der Waals surface area contributed by atoms with Crippen molar-refractivity contribution in [3.05, 3.63) is 18.1 Å². The minimum atomic E-state index is 0.0411. The van der Waals surface area contributed by atoms with Crippen molar-refractivity contribution < 1.29 is 5.11 Å². The molecular formula is C9H12N2O. The lowest BCUT2D eigenvalue weighted by Crippen LogP contribution is -1.96. The van der Waals surface area contributed by atoms with E-state index in [1.54, 1.807) is 6.20 Å². The molecule has 2 rings (SSSR count). The van der Waals surface area contributed by atoms with Crippen molar-refractivity contribution in [3.63, 3.8) is 0 Å². The SMILES string of the molecule is Oc1cncc(C2CCCC2)n1. The van der Waals surface area contributed by atoms with Gasteiger partial charge in [0.2, 0.25) is 5.88 Å². The van der Waals surface area contributed by atoms with Crippen molar-refractivity contribution in [2.24, 2.45) is 0 Å². The Bertz CT molecular complexity index is 269. The summed E-state index contributed by atoms with van der Waals surface area (Å²) in [6, 6.07) is 0. The Hall–Kier alpha value is -1.12. The second kappa shape index (κ2) is 3.09. The Balaban J connectivity index is 2.21. The van der Waals surface area contributed by atoms with E-state index in [0.29, 0.717) is 5.92 Å². The molecular weight excluding hydrogens is 152 g/mol. The van der Waals surface area contributed by atoms with E-state index in [0.717, 1.165) is 5.69 Å². The van der Waals surface area contributed by atoms with Crippen molar-refractivity contribution in [1.82, 2.24) is 9.97 Å². The summed E-state index contributed by atoms with van der Waals surface area (Å²) in [6.45, 7) is 0. The average molecular weight is 164 g/mol. The second-order valence-electron chi connectivity index (χ2n) is 3.28. The van der Waals surface area contributed by atoms with Gasteiger partial charge in [0.25, 0.3) is 0 Å². The van der Waals surface area contributed by atoms with E-state index >= 15 is 0 Å². The molecule has 12 heavy (non-hydrogen) atoms. The van der Waals surface area contributed by atoms with Crippen LogP contribution in [-0.2, 0) is 0 Å². The van der Waals surface area contributed by atoms with Gasteiger partial charge >= 0.3 is 0 Å². The van der Waals surface area contributed by atoms with Crippen molar-refractivity contribution in [2.75, 3.05) is 0 Å². The normalized spacial score (nSPS) is 18.3. The Morgan fingerprint density at radius 1 is 1.25 bits per heavy atom. The highest BCUT2D eigenvalue weighted by atomic mass is 16.3. The zero-order valence-corrected chi connectivity index (χ0v) is 6.90. The molecule has 0 amide bonds. The summed E-state index contributed by atoms with van der Waals surface area (Å²) in [5.41, 5.74) is 0.951. The smallest absolute Gasteiger partial charge is 0.230 e. The first-order chi connectivity index (χ1) is 5.86. The molecule has 1 aliphatic carbocycles. The number of rotatable bonds is 1. The quantitative estimate of drug-likeness (QED) is 0.688. The molecule has 0 aromatic carbocycles. The molecule has 1 N–H and O–H groups in total. The molecule has 1 fully saturated rings. The Morgan fingerprint density at radius 2 is 2.00 bits per heavy atom. The summed E-state index contributed by atoms with van der Waals surface area (Å²) in [5, 5.41) is 9.10. The Morgan fingerprint density at radius 3 is 2.67 bits per heavy atom. The molecule has 1 aromatic heterocycles. The van der Waals surface area contributed by atoms with Crippen LogP contribution in [0.15, 0.2) is 12.4 Å². The maximum atomic E-state index is 9.10. The van der Waals surface area contributed by atoms with Crippen LogP contribution in [0.3, 0.4) is 0 Å². The third-order valence-electron chi connectivity index (χ3n) is 2.41. The summed E-state index contributed by atoms with van der Waals surface area (Å²) in [5.74, 6) is 0.573. The highest BCUT2D eigenvalue weighted by Gasteiger charge is 2.18. The first-order valence-electron chi connectivity index (χ1n) is 4.37. The van der Waals surface area contributed by atoms with Gasteiger partial charge in [-0.15, -0.1) is 0 Å². The summed E-state index contributed by atoms with van der Waals surface area (Å²) in [6.07, 6.45) is 8.08. The zero-order valence-electron chi connectivity index (χ0n) is 6.90. The lowest BCUT2D eigenvalue weighted by molar-refractivity contribution is 0.445. The fraction of sp³-hybridized carbons (Fsp3) is 0.556. The Kier molecular flexibility index (Phi) is 1.94. The van der Waals surface area contributed by atoms with Crippen LogP contribution in [-0.4, -0.2) is 15.1 Å². The lowest BCUT2D eigenvalue weighted by atomic mass is 10.1. The van der Waals surface area contributed by atoms with E-state index in [1.165, 1.54) is 31.9 Å². The largest absolute Gasteiger partial charge is 0.492 e. The number of hydrogen-bond donors (Lipinski definition) is 1. The minimum absolute atomic E-state index is 0.0411. The van der Waals surface area contributed by atoms with E-state index in [-0.39, 0.29) is 5.88 Å². The zero-order chi connectivity index (χ0) is 8.39. The molecule has 0 atom stereocenters. The maximum Gasteiger partial charge on any atom is 0.230 e. The summed E-state index contributed by atoms with van der Waals surface area (Å²) in [4.78, 5) is 7.96. The lowest BCUT2D eigenvalue weighted by Gasteiger charge is -2.06. The predicted octanol–water partition coefficient (Wildman–Crippen LogP) is 1.84. The molecule has 0 saturated heterocycles. The molecule has 0 spiro atoms. The van der Waals surface area contributed by atoms with E-state index in [1.807, 2.05) is 0 Å². The van der Waals surface area contributed by atoms with Crippen molar-refractivity contribution in [1.29, 1.82) is 0 Å². The molecule has 3 heteroatoms. The van der Waals surface area contributed by atoms with E-state index in [9.17, 15) is 0 Å². The summed E-state index contributed by atoms with van der Waals surface area (Å²) < 4.78 is 0. The first-order valence-corrected chi connectivity index (χ1v) is 4.37. The van der Waals surface area contributed by atoms with Gasteiger partial charge in [-0.25, -0.2) is 4.98 Å². The van der Waals surface area contributed by atoms with Crippen LogP contribution in [0.5, 0.6) is 5.88 Å². The molecule has 1 aliphatic rings. The van der Waals surface area contributed by atoms with E-state index in [4.69, 9.17) is 5.11 Å². The van der Waals surface area contributed by atoms with Gasteiger partial charge in [-0.2, -0.15) is 0 Å². The molecule has 0 bridgehead atoms. The van der Waals surface area contributed by atoms with Gasteiger partial charge in [-0.1, -0.05) is 12.8 Å². The number of aromatic nitrogens is 2. The number of nitrogens with zero attached hydrogens (tertiary/aromatic N) is 2. The van der Waals surface area contributed by atoms with Gasteiger partial charge in [0, 0.05) is 12.1 Å². The first kappa shape index (κ1) is 7.53. The van der Waals surface area contributed by atoms with E-state index < -0.39 is 0 Å². The number of hydrogen-bond acceptors (Lipinski definition) is 3. The van der Waals surface area contributed by atoms with Crippen LogP contribution in [0.4, 0.5) is 0 Å². The molecule has 1 aromatic rings. The van der Waals surface area contributed by atoms with Gasteiger partial charge in [0.05, 0.1) is 11.9 Å². The van der Waals surface area contributed by atoms with Gasteiger partial charge in [0.1, 0.15) is 0 Å². The predicted molar refractivity (Wildman–Crippen MR) is 44.9 cm³/mol. The van der Waals surface area contributed by atoms with E-state index in [2.05, 4.69) is 9.97 Å². The van der Waals surface area contributed by atoms with Gasteiger partial charge < -0.3 is 5.11 Å². The fourth-order valence-electron chi connectivity index (χ4n) is 1.79. The monoisotopic (exact) mass is 164 g/mol. The van der Waals surface area contributed by atoms with Gasteiger partial charge in [0.15, 0.2) is 0 Å². The van der Waals surface area contributed by atoms with Crippen molar-refractivity contribution in [2.45, 2.75) is 31.6 Å². The average Bonchev–Trinajstić information content (AvgIpc) is 2.56. The van der Waals surface area contributed by atoms with Crippen LogP contribution < -0.4 is 0 Å². The van der Waals surface area contributed by atoms with Crippen LogP contribution in [0, 0.1) is 0 Å². The minimum Gasteiger partial charge on any atom is -0.492 e. The van der Waals surface area contributed by atoms with Crippen LogP contribution in [0.25, 0.3) is 0 Å². The Labute approximate surface area is 71.5 Å². The summed E-state index contributed by atoms with van der Waals surface area (Å²) in [7, 11) is 0. The van der Waals surface area contributed by atoms with Gasteiger partial charge in [-0.05, 0) is 12.8 Å². The second-order valence-corrected chi connectivity index (χ2v) is 3.28. The van der Waals surface area contributed by atoms with Gasteiger partial charge in [-0.3, -0.25) is 4.98 Å². The third-order valence-corrected chi connectivity index (χ3v) is 2.41. The van der Waals surface area contributed by atoms with Crippen LogP contribution >= 0.6 is 0 Å². The van der Waals surface area contributed by atoms with Crippen LogP contribution in [0.2, 0.25) is 0 Å². The maximum absolute atomic E-state index is 9.10. The van der Waals surface area contributed by atoms with Crippen molar-refractivity contribution >= 4 is 0 Å².